The first-order valence-electron chi connectivity index (χ1n) is 5.59. The van der Waals surface area contributed by atoms with Gasteiger partial charge in [0.05, 0.1) is 5.57 Å². The van der Waals surface area contributed by atoms with Crippen LogP contribution in [-0.2, 0) is 9.59 Å². The summed E-state index contributed by atoms with van der Waals surface area (Å²) in [6.07, 6.45) is -11.1. The van der Waals surface area contributed by atoms with Gasteiger partial charge in [0.15, 0.2) is 0 Å². The molecule has 0 unspecified atom stereocenters. The highest BCUT2D eigenvalue weighted by Crippen LogP contribution is 2.30. The van der Waals surface area contributed by atoms with E-state index >= 15 is 0 Å². The van der Waals surface area contributed by atoms with Crippen LogP contribution in [-0.4, -0.2) is 23.9 Å². The minimum atomic E-state index is -5.57. The SMILES string of the molecule is Cc1ccc(SC=C(C(=O)C(F)(F)F)C(=O)C(F)(F)F)cc1. The van der Waals surface area contributed by atoms with Crippen molar-refractivity contribution in [1.29, 1.82) is 0 Å². The van der Waals surface area contributed by atoms with Gasteiger partial charge >= 0.3 is 12.4 Å². The van der Waals surface area contributed by atoms with Crippen LogP contribution in [0, 0.1) is 6.92 Å². The highest BCUT2D eigenvalue weighted by atomic mass is 32.2. The molecule has 0 atom stereocenters. The molecule has 0 aliphatic heterocycles. The highest BCUT2D eigenvalue weighted by Gasteiger charge is 2.50. The summed E-state index contributed by atoms with van der Waals surface area (Å²) in [5, 5.41) is 0.274. The number of hydrogen-bond acceptors (Lipinski definition) is 3. The molecule has 0 saturated heterocycles. The molecule has 0 heterocycles. The van der Waals surface area contributed by atoms with Crippen molar-refractivity contribution in [2.24, 2.45) is 0 Å². The lowest BCUT2D eigenvalue weighted by atomic mass is 10.1. The topological polar surface area (TPSA) is 34.1 Å². The molecule has 22 heavy (non-hydrogen) atoms. The Morgan fingerprint density at radius 1 is 0.909 bits per heavy atom. The molecule has 0 fully saturated rings. The zero-order valence-electron chi connectivity index (χ0n) is 10.9. The third-order valence-corrected chi connectivity index (χ3v) is 3.24. The number of halogens is 6. The van der Waals surface area contributed by atoms with E-state index in [1.165, 1.54) is 12.1 Å². The Bertz CT molecular complexity index is 570. The summed E-state index contributed by atoms with van der Waals surface area (Å²) in [5.41, 5.74) is -1.13. The summed E-state index contributed by atoms with van der Waals surface area (Å²) >= 11 is 0.422. The molecule has 9 heteroatoms. The molecular weight excluding hydrogens is 334 g/mol. The number of rotatable bonds is 4. The second-order valence-corrected chi connectivity index (χ2v) is 5.06. The largest absolute Gasteiger partial charge is 0.455 e. The number of benzene rings is 1. The van der Waals surface area contributed by atoms with Gasteiger partial charge in [-0.2, -0.15) is 26.3 Å². The van der Waals surface area contributed by atoms with Gasteiger partial charge < -0.3 is 0 Å². The van der Waals surface area contributed by atoms with Crippen LogP contribution in [0.4, 0.5) is 26.3 Å². The first kappa shape index (κ1) is 18.3. The van der Waals surface area contributed by atoms with Gasteiger partial charge in [0.1, 0.15) is 0 Å². The van der Waals surface area contributed by atoms with Crippen LogP contribution in [0.2, 0.25) is 0 Å². The second kappa shape index (κ2) is 6.55. The number of allylic oxidation sites excluding steroid dienone is 1. The van der Waals surface area contributed by atoms with Crippen molar-refractivity contribution in [2.75, 3.05) is 0 Å². The Kier molecular flexibility index (Phi) is 5.44. The van der Waals surface area contributed by atoms with Gasteiger partial charge in [-0.25, -0.2) is 0 Å². The number of hydrogen-bond donors (Lipinski definition) is 0. The summed E-state index contributed by atoms with van der Waals surface area (Å²) in [4.78, 5) is 22.3. The lowest BCUT2D eigenvalue weighted by Gasteiger charge is -2.10. The maximum absolute atomic E-state index is 12.3. The molecule has 0 amide bonds. The van der Waals surface area contributed by atoms with E-state index in [2.05, 4.69) is 0 Å². The van der Waals surface area contributed by atoms with Crippen molar-refractivity contribution < 1.29 is 35.9 Å². The van der Waals surface area contributed by atoms with Crippen molar-refractivity contribution in [3.63, 3.8) is 0 Å². The molecular formula is C13H8F6O2S. The molecule has 120 valence electrons. The van der Waals surface area contributed by atoms with Gasteiger partial charge in [-0.05, 0) is 24.5 Å². The third kappa shape index (κ3) is 4.90. The molecule has 0 spiro atoms. The van der Waals surface area contributed by atoms with Crippen LogP contribution in [0.3, 0.4) is 0 Å². The minimum Gasteiger partial charge on any atom is -0.284 e. The van der Waals surface area contributed by atoms with Crippen LogP contribution in [0.5, 0.6) is 0 Å². The summed E-state index contributed by atoms with van der Waals surface area (Å²) in [6, 6.07) is 6.02. The number of carbonyl (C=O) groups excluding carboxylic acids is 2. The van der Waals surface area contributed by atoms with Gasteiger partial charge in [-0.3, -0.25) is 9.59 Å². The fraction of sp³-hybridized carbons (Fsp3) is 0.231. The van der Waals surface area contributed by atoms with Gasteiger partial charge in [0, 0.05) is 4.90 Å². The molecule has 0 radical (unpaired) electrons. The molecule has 1 aromatic rings. The van der Waals surface area contributed by atoms with E-state index in [4.69, 9.17) is 0 Å². The van der Waals surface area contributed by atoms with E-state index in [-0.39, 0.29) is 10.3 Å². The average molecular weight is 342 g/mol. The van der Waals surface area contributed by atoms with Crippen LogP contribution in [0.1, 0.15) is 5.56 Å². The van der Waals surface area contributed by atoms with E-state index in [0.717, 1.165) is 5.56 Å². The lowest BCUT2D eigenvalue weighted by Crippen LogP contribution is -2.34. The third-order valence-electron chi connectivity index (χ3n) is 2.34. The molecule has 0 aliphatic carbocycles. The van der Waals surface area contributed by atoms with E-state index in [1.807, 2.05) is 0 Å². The molecule has 0 bridgehead atoms. The van der Waals surface area contributed by atoms with Crippen LogP contribution in [0.25, 0.3) is 0 Å². The monoisotopic (exact) mass is 342 g/mol. The average Bonchev–Trinajstić information content (AvgIpc) is 2.38. The zero-order chi connectivity index (χ0) is 17.1. The highest BCUT2D eigenvalue weighted by molar-refractivity contribution is 8.02. The molecule has 0 saturated carbocycles. The van der Waals surface area contributed by atoms with Crippen molar-refractivity contribution >= 4 is 23.3 Å². The molecule has 0 aliphatic rings. The van der Waals surface area contributed by atoms with Crippen LogP contribution < -0.4 is 0 Å². The number of alkyl halides is 6. The molecule has 0 N–H and O–H groups in total. The van der Waals surface area contributed by atoms with Gasteiger partial charge in [-0.15, -0.1) is 0 Å². The Morgan fingerprint density at radius 2 is 1.32 bits per heavy atom. The normalized spacial score (nSPS) is 12.0. The molecule has 0 aromatic heterocycles. The number of thioether (sulfide) groups is 1. The first-order chi connectivity index (χ1) is 9.93. The van der Waals surface area contributed by atoms with Crippen molar-refractivity contribution in [2.45, 2.75) is 24.2 Å². The molecule has 2 nitrogen and oxygen atoms in total. The van der Waals surface area contributed by atoms with Gasteiger partial charge in [0.25, 0.3) is 11.6 Å². The fourth-order valence-electron chi connectivity index (χ4n) is 1.26. The van der Waals surface area contributed by atoms with Gasteiger partial charge in [-0.1, -0.05) is 29.5 Å². The second-order valence-electron chi connectivity index (χ2n) is 4.12. The van der Waals surface area contributed by atoms with Crippen LogP contribution in [0.15, 0.2) is 40.1 Å². The summed E-state index contributed by atoms with van der Waals surface area (Å²) in [5.74, 6) is -5.65. The Morgan fingerprint density at radius 3 is 1.68 bits per heavy atom. The predicted molar refractivity (Wildman–Crippen MR) is 67.2 cm³/mol. The summed E-state index contributed by atoms with van der Waals surface area (Å²) < 4.78 is 73.8. The van der Waals surface area contributed by atoms with Crippen molar-refractivity contribution in [3.8, 4) is 0 Å². The smallest absolute Gasteiger partial charge is 0.284 e. The van der Waals surface area contributed by atoms with E-state index < -0.39 is 29.5 Å². The Balaban J connectivity index is 3.14. The number of aryl methyl sites for hydroxylation is 1. The number of ketones is 2. The molecule has 1 aromatic carbocycles. The van der Waals surface area contributed by atoms with Gasteiger partial charge in [0.2, 0.25) is 0 Å². The maximum atomic E-state index is 12.3. The predicted octanol–water partition coefficient (Wildman–Crippen LogP) is 4.23. The van der Waals surface area contributed by atoms with Crippen molar-refractivity contribution in [1.82, 2.24) is 0 Å². The summed E-state index contributed by atoms with van der Waals surface area (Å²) in [7, 11) is 0. The minimum absolute atomic E-state index is 0.274. The lowest BCUT2D eigenvalue weighted by molar-refractivity contribution is -0.175. The maximum Gasteiger partial charge on any atom is 0.455 e. The standard InChI is InChI=1S/C13H8F6O2S/c1-7-2-4-8(5-3-7)22-6-9(10(20)12(14,15)16)11(21)13(17,18)19/h2-6H,1H3. The number of Topliss-reactive ketones (excluding diaryl/α,β-unsaturated/α-hetero) is 2. The van der Waals surface area contributed by atoms with Crippen LogP contribution >= 0.6 is 11.8 Å². The quantitative estimate of drug-likeness (QED) is 0.270. The fourth-order valence-corrected chi connectivity index (χ4v) is 2.02. The van der Waals surface area contributed by atoms with E-state index in [0.29, 0.717) is 11.8 Å². The Labute approximate surface area is 125 Å². The Hall–Kier alpha value is -1.77. The number of carbonyl (C=O) groups is 2. The zero-order valence-corrected chi connectivity index (χ0v) is 11.7. The van der Waals surface area contributed by atoms with Crippen molar-refractivity contribution in [3.05, 3.63) is 40.8 Å². The molecule has 1 rings (SSSR count). The summed E-state index contributed by atoms with van der Waals surface area (Å²) in [6.45, 7) is 1.73. The van der Waals surface area contributed by atoms with E-state index in [9.17, 15) is 35.9 Å². The first-order valence-corrected chi connectivity index (χ1v) is 6.47. The van der Waals surface area contributed by atoms with E-state index in [1.54, 1.807) is 19.1 Å².